The Bertz CT molecular complexity index is 466. The van der Waals surface area contributed by atoms with Crippen LogP contribution in [0.15, 0.2) is 12.1 Å². The number of rotatable bonds is 5. The van der Waals surface area contributed by atoms with Gasteiger partial charge < -0.3 is 19.5 Å². The first kappa shape index (κ1) is 16.3. The highest BCUT2D eigenvalue weighted by Crippen LogP contribution is 2.30. The molecule has 0 aliphatic rings. The number of aliphatic hydroxyl groups is 1. The smallest absolute Gasteiger partial charge is 0.253 e. The van der Waals surface area contributed by atoms with E-state index >= 15 is 0 Å². The summed E-state index contributed by atoms with van der Waals surface area (Å²) in [4.78, 5) is 13.8. The van der Waals surface area contributed by atoms with E-state index in [4.69, 9.17) is 9.47 Å². The van der Waals surface area contributed by atoms with Gasteiger partial charge in [-0.1, -0.05) is 0 Å². The van der Waals surface area contributed by atoms with Gasteiger partial charge in [-0.05, 0) is 32.9 Å². The van der Waals surface area contributed by atoms with E-state index in [0.717, 1.165) is 5.56 Å². The normalized spacial score (nSPS) is 11.2. The van der Waals surface area contributed by atoms with Crippen molar-refractivity contribution < 1.29 is 19.4 Å². The topological polar surface area (TPSA) is 59.0 Å². The summed E-state index contributed by atoms with van der Waals surface area (Å²) < 4.78 is 10.5. The molecule has 5 heteroatoms. The van der Waals surface area contributed by atoms with Crippen LogP contribution in [0.3, 0.4) is 0 Å². The Kier molecular flexibility index (Phi) is 5.00. The quantitative estimate of drug-likeness (QED) is 0.895. The summed E-state index contributed by atoms with van der Waals surface area (Å²) in [7, 11) is 4.76. The number of likely N-dealkylation sites (N-methyl/N-ethyl adjacent to an activating group) is 1. The van der Waals surface area contributed by atoms with Crippen LogP contribution in [0, 0.1) is 6.92 Å². The maximum Gasteiger partial charge on any atom is 0.253 e. The molecular weight excluding hydrogens is 258 g/mol. The van der Waals surface area contributed by atoms with Gasteiger partial charge in [0.05, 0.1) is 19.8 Å². The van der Waals surface area contributed by atoms with Crippen LogP contribution >= 0.6 is 0 Å². The molecule has 0 saturated heterocycles. The number of ether oxygens (including phenoxy) is 2. The van der Waals surface area contributed by atoms with Gasteiger partial charge >= 0.3 is 0 Å². The molecule has 0 aliphatic heterocycles. The number of nitrogens with zero attached hydrogens (tertiary/aromatic N) is 1. The van der Waals surface area contributed by atoms with Gasteiger partial charge in [0.1, 0.15) is 11.5 Å². The number of benzene rings is 1. The number of carbonyl (C=O) groups is 1. The number of methoxy groups -OCH3 is 2. The van der Waals surface area contributed by atoms with Crippen molar-refractivity contribution in [1.29, 1.82) is 0 Å². The second-order valence-electron chi connectivity index (χ2n) is 5.48. The summed E-state index contributed by atoms with van der Waals surface area (Å²) in [5.74, 6) is 1.01. The summed E-state index contributed by atoms with van der Waals surface area (Å²) in [6, 6.07) is 3.36. The van der Waals surface area contributed by atoms with Gasteiger partial charge in [-0.25, -0.2) is 0 Å². The second-order valence-corrected chi connectivity index (χ2v) is 5.48. The van der Waals surface area contributed by atoms with Crippen LogP contribution in [0.5, 0.6) is 11.5 Å². The Morgan fingerprint density at radius 3 is 2.05 bits per heavy atom. The molecule has 1 amide bonds. The lowest BCUT2D eigenvalue weighted by Gasteiger charge is -2.26. The highest BCUT2D eigenvalue weighted by atomic mass is 16.5. The van der Waals surface area contributed by atoms with E-state index < -0.39 is 5.60 Å². The molecule has 0 aromatic heterocycles. The van der Waals surface area contributed by atoms with E-state index in [1.807, 2.05) is 6.92 Å². The average molecular weight is 281 g/mol. The second kappa shape index (κ2) is 6.13. The van der Waals surface area contributed by atoms with Gasteiger partial charge in [-0.15, -0.1) is 0 Å². The highest BCUT2D eigenvalue weighted by molar-refractivity contribution is 5.95. The standard InChI is InChI=1S/C15H23NO4/c1-10-12(19-5)7-11(8-13(10)20-6)14(17)16(4)9-15(2,3)18/h7-8,18H,9H2,1-6H3. The fraction of sp³-hybridized carbons (Fsp3) is 0.533. The zero-order chi connectivity index (χ0) is 15.5. The first-order valence-corrected chi connectivity index (χ1v) is 6.40. The van der Waals surface area contributed by atoms with Crippen molar-refractivity contribution in [1.82, 2.24) is 4.90 Å². The fourth-order valence-electron chi connectivity index (χ4n) is 2.08. The van der Waals surface area contributed by atoms with Crippen LogP contribution in [0.4, 0.5) is 0 Å². The summed E-state index contributed by atoms with van der Waals surface area (Å²) in [5, 5.41) is 9.79. The minimum Gasteiger partial charge on any atom is -0.496 e. The minimum absolute atomic E-state index is 0.191. The molecule has 112 valence electrons. The molecule has 0 saturated carbocycles. The Labute approximate surface area is 120 Å². The molecule has 0 heterocycles. The third-order valence-electron chi connectivity index (χ3n) is 2.97. The maximum absolute atomic E-state index is 12.4. The Morgan fingerprint density at radius 2 is 1.70 bits per heavy atom. The molecule has 0 unspecified atom stereocenters. The lowest BCUT2D eigenvalue weighted by atomic mass is 10.1. The van der Waals surface area contributed by atoms with Crippen molar-refractivity contribution in [2.75, 3.05) is 27.8 Å². The molecule has 5 nitrogen and oxygen atoms in total. The van der Waals surface area contributed by atoms with Crippen LogP contribution in [-0.2, 0) is 0 Å². The molecule has 1 aromatic rings. The molecular formula is C15H23NO4. The van der Waals surface area contributed by atoms with E-state index in [1.165, 1.54) is 4.90 Å². The van der Waals surface area contributed by atoms with Crippen LogP contribution in [-0.4, -0.2) is 49.3 Å². The van der Waals surface area contributed by atoms with Crippen molar-refractivity contribution in [3.8, 4) is 11.5 Å². The average Bonchev–Trinajstić information content (AvgIpc) is 2.36. The van der Waals surface area contributed by atoms with Gasteiger partial charge in [-0.3, -0.25) is 4.79 Å². The van der Waals surface area contributed by atoms with Crippen molar-refractivity contribution in [2.24, 2.45) is 0 Å². The Hall–Kier alpha value is -1.75. The van der Waals surface area contributed by atoms with E-state index in [9.17, 15) is 9.90 Å². The van der Waals surface area contributed by atoms with E-state index in [1.54, 1.807) is 47.2 Å². The Morgan fingerprint density at radius 1 is 1.25 bits per heavy atom. The van der Waals surface area contributed by atoms with Gasteiger partial charge in [0, 0.05) is 24.7 Å². The zero-order valence-corrected chi connectivity index (χ0v) is 13.0. The summed E-state index contributed by atoms with van der Waals surface area (Å²) in [6.45, 7) is 5.43. The first-order chi connectivity index (χ1) is 9.19. The zero-order valence-electron chi connectivity index (χ0n) is 13.0. The number of hydrogen-bond acceptors (Lipinski definition) is 4. The van der Waals surface area contributed by atoms with Crippen molar-refractivity contribution in [3.05, 3.63) is 23.3 Å². The molecule has 0 bridgehead atoms. The van der Waals surface area contributed by atoms with Crippen LogP contribution in [0.1, 0.15) is 29.8 Å². The lowest BCUT2D eigenvalue weighted by Crippen LogP contribution is -2.39. The monoisotopic (exact) mass is 281 g/mol. The molecule has 0 radical (unpaired) electrons. The van der Waals surface area contributed by atoms with Crippen LogP contribution in [0.25, 0.3) is 0 Å². The number of amides is 1. The van der Waals surface area contributed by atoms with Crippen molar-refractivity contribution in [3.63, 3.8) is 0 Å². The highest BCUT2D eigenvalue weighted by Gasteiger charge is 2.22. The SMILES string of the molecule is COc1cc(C(=O)N(C)CC(C)(C)O)cc(OC)c1C. The molecule has 0 fully saturated rings. The molecule has 1 aromatic carbocycles. The van der Waals surface area contributed by atoms with Gasteiger partial charge in [0.15, 0.2) is 0 Å². The molecule has 1 N–H and O–H groups in total. The van der Waals surface area contributed by atoms with Crippen molar-refractivity contribution in [2.45, 2.75) is 26.4 Å². The molecule has 0 spiro atoms. The maximum atomic E-state index is 12.4. The summed E-state index contributed by atoms with van der Waals surface area (Å²) in [5.41, 5.74) is 0.372. The molecule has 0 atom stereocenters. The number of carbonyl (C=O) groups excluding carboxylic acids is 1. The third kappa shape index (κ3) is 3.87. The van der Waals surface area contributed by atoms with E-state index in [-0.39, 0.29) is 12.5 Å². The summed E-state index contributed by atoms with van der Waals surface area (Å²) in [6.07, 6.45) is 0. The third-order valence-corrected chi connectivity index (χ3v) is 2.97. The van der Waals surface area contributed by atoms with Gasteiger partial charge in [0.2, 0.25) is 0 Å². The van der Waals surface area contributed by atoms with Crippen LogP contribution in [0.2, 0.25) is 0 Å². The molecule has 0 aliphatic carbocycles. The first-order valence-electron chi connectivity index (χ1n) is 6.40. The van der Waals surface area contributed by atoms with Crippen LogP contribution < -0.4 is 9.47 Å². The predicted octanol–water partition coefficient (Wildman–Crippen LogP) is 1.86. The lowest BCUT2D eigenvalue weighted by molar-refractivity contribution is 0.0367. The summed E-state index contributed by atoms with van der Waals surface area (Å²) >= 11 is 0. The fourth-order valence-corrected chi connectivity index (χ4v) is 2.08. The largest absolute Gasteiger partial charge is 0.496 e. The minimum atomic E-state index is -0.941. The molecule has 1 rings (SSSR count). The van der Waals surface area contributed by atoms with E-state index in [2.05, 4.69) is 0 Å². The Balaban J connectivity index is 3.10. The predicted molar refractivity (Wildman–Crippen MR) is 77.5 cm³/mol. The van der Waals surface area contributed by atoms with E-state index in [0.29, 0.717) is 17.1 Å². The van der Waals surface area contributed by atoms with Gasteiger partial charge in [0.25, 0.3) is 5.91 Å². The number of hydrogen-bond donors (Lipinski definition) is 1. The van der Waals surface area contributed by atoms with Gasteiger partial charge in [-0.2, -0.15) is 0 Å². The van der Waals surface area contributed by atoms with Crippen molar-refractivity contribution >= 4 is 5.91 Å². The molecule has 20 heavy (non-hydrogen) atoms.